The number of nitriles is 1. The van der Waals surface area contributed by atoms with Gasteiger partial charge < -0.3 is 19.3 Å². The minimum absolute atomic E-state index is 0.0797. The molecule has 2 aromatic heterocycles. The van der Waals surface area contributed by atoms with Gasteiger partial charge in [-0.1, -0.05) is 0 Å². The average Bonchev–Trinajstić information content (AvgIpc) is 2.91. The number of piperazine rings is 1. The lowest BCUT2D eigenvalue weighted by atomic mass is 10.1. The van der Waals surface area contributed by atoms with Gasteiger partial charge in [-0.05, 0) is 43.4 Å². The van der Waals surface area contributed by atoms with Crippen LogP contribution in [0.25, 0.3) is 11.3 Å². The lowest BCUT2D eigenvalue weighted by Gasteiger charge is -2.32. The minimum atomic E-state index is 0.0797. The molecule has 0 amide bonds. The molecule has 4 heterocycles. The van der Waals surface area contributed by atoms with Crippen LogP contribution in [0.4, 0.5) is 5.82 Å². The third kappa shape index (κ3) is 5.73. The first-order valence-electron chi connectivity index (χ1n) is 12.0. The van der Waals surface area contributed by atoms with Crippen LogP contribution in [0.1, 0.15) is 29.9 Å². The zero-order valence-corrected chi connectivity index (χ0v) is 19.9. The molecule has 0 atom stereocenters. The normalized spacial score (nSPS) is 17.2. The Bertz CT molecular complexity index is 1180. The highest BCUT2D eigenvalue weighted by atomic mass is 16.5. The fourth-order valence-electron chi connectivity index (χ4n) is 4.31. The van der Waals surface area contributed by atoms with Crippen molar-refractivity contribution >= 4 is 5.82 Å². The van der Waals surface area contributed by atoms with Crippen molar-refractivity contribution in [3.8, 4) is 23.1 Å². The molecule has 1 aromatic carbocycles. The van der Waals surface area contributed by atoms with E-state index in [1.807, 2.05) is 36.4 Å². The molecule has 0 spiro atoms. The maximum absolute atomic E-state index is 9.69. The van der Waals surface area contributed by atoms with Crippen molar-refractivity contribution in [2.75, 3.05) is 51.3 Å². The summed E-state index contributed by atoms with van der Waals surface area (Å²) in [7, 11) is 2.14. The van der Waals surface area contributed by atoms with Crippen molar-refractivity contribution in [2.24, 2.45) is 0 Å². The van der Waals surface area contributed by atoms with Crippen LogP contribution in [0.2, 0.25) is 0 Å². The van der Waals surface area contributed by atoms with Crippen molar-refractivity contribution in [3.63, 3.8) is 0 Å². The highest BCUT2D eigenvalue weighted by Gasteiger charge is 2.18. The molecule has 0 N–H and O–H groups in total. The van der Waals surface area contributed by atoms with E-state index in [2.05, 4.69) is 38.1 Å². The first-order chi connectivity index (χ1) is 17.2. The van der Waals surface area contributed by atoms with E-state index in [-0.39, 0.29) is 6.10 Å². The first-order valence-corrected chi connectivity index (χ1v) is 12.0. The van der Waals surface area contributed by atoms with Crippen LogP contribution in [-0.2, 0) is 11.2 Å². The molecule has 5 rings (SSSR count). The molecular weight excluding hydrogens is 442 g/mol. The van der Waals surface area contributed by atoms with Crippen LogP contribution < -0.4 is 9.64 Å². The Balaban J connectivity index is 1.27. The van der Waals surface area contributed by atoms with Gasteiger partial charge in [0.15, 0.2) is 5.82 Å². The van der Waals surface area contributed by atoms with Crippen molar-refractivity contribution in [1.29, 1.82) is 5.26 Å². The van der Waals surface area contributed by atoms with E-state index >= 15 is 0 Å². The Labute approximate surface area is 205 Å². The van der Waals surface area contributed by atoms with Crippen LogP contribution >= 0.6 is 0 Å². The summed E-state index contributed by atoms with van der Waals surface area (Å²) in [5, 5.41) is 18.5. The summed E-state index contributed by atoms with van der Waals surface area (Å²) in [5.74, 6) is 2.17. The Morgan fingerprint density at radius 2 is 1.89 bits per heavy atom. The van der Waals surface area contributed by atoms with Gasteiger partial charge in [-0.2, -0.15) is 10.4 Å². The number of anilines is 1. The quantitative estimate of drug-likeness (QED) is 0.537. The van der Waals surface area contributed by atoms with Gasteiger partial charge in [-0.15, -0.1) is 5.10 Å². The first kappa shape index (κ1) is 23.1. The van der Waals surface area contributed by atoms with Gasteiger partial charge in [0.05, 0.1) is 36.6 Å². The van der Waals surface area contributed by atoms with E-state index in [4.69, 9.17) is 14.5 Å². The summed E-state index contributed by atoms with van der Waals surface area (Å²) in [6.07, 6.45) is 3.97. The van der Waals surface area contributed by atoms with Gasteiger partial charge in [0, 0.05) is 50.8 Å². The van der Waals surface area contributed by atoms with Gasteiger partial charge in [-0.25, -0.2) is 9.97 Å². The van der Waals surface area contributed by atoms with E-state index in [1.165, 1.54) is 0 Å². The molecule has 0 aliphatic carbocycles. The van der Waals surface area contributed by atoms with Crippen LogP contribution in [-0.4, -0.2) is 77.6 Å². The zero-order chi connectivity index (χ0) is 24.0. The molecule has 2 saturated heterocycles. The Morgan fingerprint density at radius 1 is 1.06 bits per heavy atom. The van der Waals surface area contributed by atoms with E-state index < -0.39 is 0 Å². The van der Waals surface area contributed by atoms with Gasteiger partial charge in [0.1, 0.15) is 23.7 Å². The number of rotatable bonds is 6. The molecule has 180 valence electrons. The SMILES string of the molecule is CN1CCN(c2ccc(Cc3nccc(-c4ccc(OC5CCOCC5)c(C#N)c4)n3)nn2)CC1. The number of likely N-dealkylation sites (N-methyl/N-ethyl adjacent to an activating group) is 1. The smallest absolute Gasteiger partial charge is 0.151 e. The monoisotopic (exact) mass is 471 g/mol. The van der Waals surface area contributed by atoms with E-state index in [1.54, 1.807) is 6.20 Å². The van der Waals surface area contributed by atoms with Crippen molar-refractivity contribution in [1.82, 2.24) is 25.1 Å². The van der Waals surface area contributed by atoms with Crippen molar-refractivity contribution in [2.45, 2.75) is 25.4 Å². The number of ether oxygens (including phenoxy) is 2. The molecule has 0 bridgehead atoms. The molecular formula is C26H29N7O2. The maximum atomic E-state index is 9.69. The lowest BCUT2D eigenvalue weighted by molar-refractivity contribution is 0.0254. The second kappa shape index (κ2) is 10.8. The largest absolute Gasteiger partial charge is 0.489 e. The summed E-state index contributed by atoms with van der Waals surface area (Å²) in [6, 6.07) is 13.7. The summed E-state index contributed by atoms with van der Waals surface area (Å²) < 4.78 is 11.5. The molecule has 2 aliphatic heterocycles. The van der Waals surface area contributed by atoms with Crippen molar-refractivity contribution < 1.29 is 9.47 Å². The Kier molecular flexibility index (Phi) is 7.12. The summed E-state index contributed by atoms with van der Waals surface area (Å²) in [5.41, 5.74) is 2.92. The molecule has 9 heteroatoms. The van der Waals surface area contributed by atoms with Crippen LogP contribution in [0.3, 0.4) is 0 Å². The molecule has 2 fully saturated rings. The van der Waals surface area contributed by atoms with Crippen LogP contribution in [0.15, 0.2) is 42.6 Å². The predicted octanol–water partition coefficient (Wildman–Crippen LogP) is 2.71. The zero-order valence-electron chi connectivity index (χ0n) is 19.9. The maximum Gasteiger partial charge on any atom is 0.151 e. The second-order valence-electron chi connectivity index (χ2n) is 8.96. The minimum Gasteiger partial charge on any atom is -0.489 e. The predicted molar refractivity (Wildman–Crippen MR) is 131 cm³/mol. The lowest BCUT2D eigenvalue weighted by Crippen LogP contribution is -2.44. The summed E-state index contributed by atoms with van der Waals surface area (Å²) in [4.78, 5) is 13.7. The number of nitrogens with zero attached hydrogens (tertiary/aromatic N) is 7. The van der Waals surface area contributed by atoms with Gasteiger partial charge >= 0.3 is 0 Å². The third-order valence-electron chi connectivity index (χ3n) is 6.44. The van der Waals surface area contributed by atoms with E-state index in [9.17, 15) is 5.26 Å². The fourth-order valence-corrected chi connectivity index (χ4v) is 4.31. The molecule has 0 radical (unpaired) electrons. The Morgan fingerprint density at radius 3 is 2.63 bits per heavy atom. The number of hydrogen-bond donors (Lipinski definition) is 0. The van der Waals surface area contributed by atoms with Gasteiger partial charge in [-0.3, -0.25) is 0 Å². The molecule has 3 aromatic rings. The standard InChI is InChI=1S/C26H29N7O2/c1-32-10-12-33(13-11-32)26-5-3-21(30-31-26)17-25-28-9-6-23(29-25)19-2-4-24(20(16-19)18-27)35-22-7-14-34-15-8-22/h2-6,9,16,22H,7-8,10-15,17H2,1H3. The number of hydrogen-bond acceptors (Lipinski definition) is 9. The molecule has 0 saturated carbocycles. The van der Waals surface area contributed by atoms with Crippen LogP contribution in [0.5, 0.6) is 5.75 Å². The second-order valence-corrected chi connectivity index (χ2v) is 8.96. The van der Waals surface area contributed by atoms with Crippen LogP contribution in [0, 0.1) is 11.3 Å². The average molecular weight is 472 g/mol. The summed E-state index contributed by atoms with van der Waals surface area (Å²) in [6.45, 7) is 5.35. The highest BCUT2D eigenvalue weighted by molar-refractivity contribution is 5.64. The molecule has 2 aliphatic rings. The summed E-state index contributed by atoms with van der Waals surface area (Å²) >= 11 is 0. The fraction of sp³-hybridized carbons (Fsp3) is 0.423. The third-order valence-corrected chi connectivity index (χ3v) is 6.44. The molecule has 9 nitrogen and oxygen atoms in total. The molecule has 35 heavy (non-hydrogen) atoms. The molecule has 0 unspecified atom stereocenters. The highest BCUT2D eigenvalue weighted by Crippen LogP contribution is 2.27. The topological polar surface area (TPSA) is 100 Å². The van der Waals surface area contributed by atoms with E-state index in [0.717, 1.165) is 61.8 Å². The number of benzene rings is 1. The Hall–Kier alpha value is -3.61. The number of aromatic nitrogens is 4. The van der Waals surface area contributed by atoms with Crippen molar-refractivity contribution in [3.05, 3.63) is 59.7 Å². The van der Waals surface area contributed by atoms with Gasteiger partial charge in [0.25, 0.3) is 0 Å². The van der Waals surface area contributed by atoms with E-state index in [0.29, 0.717) is 36.8 Å². The van der Waals surface area contributed by atoms with Gasteiger partial charge in [0.2, 0.25) is 0 Å².